The molecule has 1 aliphatic carbocycles. The van der Waals surface area contributed by atoms with E-state index >= 15 is 0 Å². The van der Waals surface area contributed by atoms with Gasteiger partial charge in [0.1, 0.15) is 16.4 Å². The van der Waals surface area contributed by atoms with Crippen LogP contribution in [0.25, 0.3) is 11.3 Å². The number of ether oxygens (including phenoxy) is 1. The van der Waals surface area contributed by atoms with Crippen molar-refractivity contribution in [1.82, 2.24) is 9.88 Å². The third-order valence-corrected chi connectivity index (χ3v) is 8.23. The Morgan fingerprint density at radius 3 is 2.32 bits per heavy atom. The fraction of sp³-hybridized carbons (Fsp3) is 0.296. The van der Waals surface area contributed by atoms with Gasteiger partial charge in [-0.05, 0) is 73.6 Å². The van der Waals surface area contributed by atoms with Crippen molar-refractivity contribution in [2.24, 2.45) is 11.1 Å². The fourth-order valence-electron chi connectivity index (χ4n) is 5.08. The number of nitrogens with two attached hydrogens (primary N) is 1. The van der Waals surface area contributed by atoms with Crippen molar-refractivity contribution >= 4 is 23.2 Å². The van der Waals surface area contributed by atoms with E-state index in [1.165, 1.54) is 17.4 Å². The van der Waals surface area contributed by atoms with Crippen molar-refractivity contribution < 1.29 is 14.3 Å². The Morgan fingerprint density at radius 2 is 1.71 bits per heavy atom. The summed E-state index contributed by atoms with van der Waals surface area (Å²) in [7, 11) is 0. The highest BCUT2D eigenvalue weighted by Crippen LogP contribution is 2.57. The molecule has 1 aromatic heterocycles. The summed E-state index contributed by atoms with van der Waals surface area (Å²) >= 11 is 1.41. The normalized spacial score (nSPS) is 17.2. The number of carbonyl (C=O) groups is 2. The van der Waals surface area contributed by atoms with Crippen LogP contribution in [-0.2, 0) is 4.79 Å². The lowest BCUT2D eigenvalue weighted by atomic mass is 9.57. The number of thiazole rings is 1. The summed E-state index contributed by atoms with van der Waals surface area (Å²) in [5.41, 5.74) is 7.48. The van der Waals surface area contributed by atoms with Gasteiger partial charge in [0.2, 0.25) is 5.91 Å². The molecule has 34 heavy (non-hydrogen) atoms. The first kappa shape index (κ1) is 22.3. The number of piperidine rings is 1. The van der Waals surface area contributed by atoms with Crippen LogP contribution in [0.2, 0.25) is 0 Å². The minimum atomic E-state index is -0.450. The molecule has 5 rings (SSSR count). The zero-order valence-electron chi connectivity index (χ0n) is 18.9. The lowest BCUT2D eigenvalue weighted by Crippen LogP contribution is -2.47. The van der Waals surface area contributed by atoms with Crippen molar-refractivity contribution in [1.29, 1.82) is 0 Å². The monoisotopic (exact) mass is 473 g/mol. The van der Waals surface area contributed by atoms with Crippen LogP contribution in [0.15, 0.2) is 67.3 Å². The molecule has 1 spiro atoms. The van der Waals surface area contributed by atoms with Gasteiger partial charge in [-0.15, -0.1) is 11.3 Å². The number of hydrogen-bond acceptors (Lipinski definition) is 5. The summed E-state index contributed by atoms with van der Waals surface area (Å²) in [5.74, 6) is 1.38. The minimum Gasteiger partial charge on any atom is -0.457 e. The number of aromatic nitrogens is 1. The summed E-state index contributed by atoms with van der Waals surface area (Å²) in [6.07, 6.45) is 5.49. The molecule has 3 aromatic rings. The topological polar surface area (TPSA) is 85.5 Å². The van der Waals surface area contributed by atoms with Gasteiger partial charge in [0.15, 0.2) is 0 Å². The molecule has 6 nitrogen and oxygen atoms in total. The van der Waals surface area contributed by atoms with Crippen molar-refractivity contribution in [3.63, 3.8) is 0 Å². The number of likely N-dealkylation sites (tertiary alicyclic amines) is 1. The van der Waals surface area contributed by atoms with Crippen LogP contribution >= 0.6 is 11.3 Å². The SMILES string of the molecule is C=CC(=O)N1CCC2(CC1)CC(c1nc(-c3ccc(Oc4ccccc4)cc3)c(C(N)=O)s1)C2. The number of amides is 2. The van der Waals surface area contributed by atoms with E-state index in [9.17, 15) is 9.59 Å². The molecular formula is C27H27N3O3S. The van der Waals surface area contributed by atoms with Gasteiger partial charge in [-0.1, -0.05) is 24.8 Å². The molecule has 2 fully saturated rings. The van der Waals surface area contributed by atoms with Crippen LogP contribution in [0.3, 0.4) is 0 Å². The summed E-state index contributed by atoms with van der Waals surface area (Å²) < 4.78 is 5.87. The second kappa shape index (κ2) is 9.06. The van der Waals surface area contributed by atoms with Crippen molar-refractivity contribution in [2.75, 3.05) is 13.1 Å². The number of para-hydroxylation sites is 1. The van der Waals surface area contributed by atoms with E-state index in [0.717, 1.165) is 55.1 Å². The van der Waals surface area contributed by atoms with Gasteiger partial charge in [0, 0.05) is 24.6 Å². The Balaban J connectivity index is 1.29. The van der Waals surface area contributed by atoms with Crippen LogP contribution in [0, 0.1) is 5.41 Å². The fourth-order valence-corrected chi connectivity index (χ4v) is 6.12. The molecule has 2 amide bonds. The number of benzene rings is 2. The molecule has 0 bridgehead atoms. The van der Waals surface area contributed by atoms with Gasteiger partial charge < -0.3 is 15.4 Å². The largest absolute Gasteiger partial charge is 0.457 e. The number of carbonyl (C=O) groups excluding carboxylic acids is 2. The average Bonchev–Trinajstić information content (AvgIpc) is 3.29. The molecule has 2 aliphatic rings. The van der Waals surface area contributed by atoms with Crippen LogP contribution in [-0.4, -0.2) is 34.8 Å². The van der Waals surface area contributed by atoms with Crippen LogP contribution < -0.4 is 10.5 Å². The molecule has 0 atom stereocenters. The van der Waals surface area contributed by atoms with Crippen molar-refractivity contribution in [3.05, 3.63) is 77.1 Å². The maximum atomic E-state index is 12.2. The molecule has 1 saturated heterocycles. The first-order chi connectivity index (χ1) is 16.5. The van der Waals surface area contributed by atoms with Crippen LogP contribution in [0.1, 0.15) is 46.3 Å². The Hall–Kier alpha value is -3.45. The molecular weight excluding hydrogens is 446 g/mol. The Morgan fingerprint density at radius 1 is 1.06 bits per heavy atom. The zero-order valence-corrected chi connectivity index (χ0v) is 19.7. The Labute approximate surface area is 203 Å². The number of hydrogen-bond donors (Lipinski definition) is 1. The van der Waals surface area contributed by atoms with E-state index in [4.69, 9.17) is 15.5 Å². The van der Waals surface area contributed by atoms with Gasteiger partial charge in [-0.25, -0.2) is 4.98 Å². The molecule has 1 aliphatic heterocycles. The Kier molecular flexibility index (Phi) is 5.96. The quantitative estimate of drug-likeness (QED) is 0.488. The molecule has 7 heteroatoms. The molecule has 2 N–H and O–H groups in total. The molecule has 1 saturated carbocycles. The van der Waals surface area contributed by atoms with Crippen molar-refractivity contribution in [2.45, 2.75) is 31.6 Å². The van der Waals surface area contributed by atoms with Gasteiger partial charge >= 0.3 is 0 Å². The van der Waals surface area contributed by atoms with E-state index in [1.54, 1.807) is 0 Å². The number of primary amides is 1. The summed E-state index contributed by atoms with van der Waals surface area (Å²) in [4.78, 5) is 31.3. The number of rotatable bonds is 6. The van der Waals surface area contributed by atoms with Gasteiger partial charge in [0.25, 0.3) is 5.91 Å². The Bertz CT molecular complexity index is 1200. The molecule has 0 radical (unpaired) electrons. The molecule has 0 unspecified atom stereocenters. The maximum Gasteiger partial charge on any atom is 0.261 e. The van der Waals surface area contributed by atoms with E-state index in [2.05, 4.69) is 6.58 Å². The third kappa shape index (κ3) is 4.35. The summed E-state index contributed by atoms with van der Waals surface area (Å²) in [6, 6.07) is 17.2. The highest BCUT2D eigenvalue weighted by molar-refractivity contribution is 7.14. The standard InChI is InChI=1S/C27H27N3O3S/c1-2-22(31)30-14-12-27(13-15-30)16-19(17-27)26-29-23(24(34-26)25(28)32)18-8-10-21(11-9-18)33-20-6-4-3-5-7-20/h2-11,19H,1,12-17H2,(H2,28,32). The first-order valence-electron chi connectivity index (χ1n) is 11.5. The van der Waals surface area contributed by atoms with Crippen LogP contribution in [0.5, 0.6) is 11.5 Å². The molecule has 2 aromatic carbocycles. The predicted molar refractivity (Wildman–Crippen MR) is 133 cm³/mol. The van der Waals surface area contributed by atoms with E-state index in [-0.39, 0.29) is 11.3 Å². The smallest absolute Gasteiger partial charge is 0.261 e. The number of nitrogens with zero attached hydrogens (tertiary/aromatic N) is 2. The van der Waals surface area contributed by atoms with E-state index < -0.39 is 5.91 Å². The summed E-state index contributed by atoms with van der Waals surface area (Å²) in [5, 5.41) is 0.976. The maximum absolute atomic E-state index is 12.2. The highest BCUT2D eigenvalue weighted by Gasteiger charge is 2.47. The lowest BCUT2D eigenvalue weighted by molar-refractivity contribution is -0.129. The van der Waals surface area contributed by atoms with E-state index in [1.807, 2.05) is 59.5 Å². The molecule has 174 valence electrons. The van der Waals surface area contributed by atoms with E-state index in [0.29, 0.717) is 22.2 Å². The summed E-state index contributed by atoms with van der Waals surface area (Å²) in [6.45, 7) is 5.15. The van der Waals surface area contributed by atoms with Crippen molar-refractivity contribution in [3.8, 4) is 22.8 Å². The lowest BCUT2D eigenvalue weighted by Gasteiger charge is -2.51. The van der Waals surface area contributed by atoms with Crippen LogP contribution in [0.4, 0.5) is 0 Å². The second-order valence-corrected chi connectivity index (χ2v) is 10.2. The van der Waals surface area contributed by atoms with Gasteiger partial charge in [-0.2, -0.15) is 0 Å². The molecule has 2 heterocycles. The first-order valence-corrected chi connectivity index (χ1v) is 12.3. The third-order valence-electron chi connectivity index (χ3n) is 6.99. The second-order valence-electron chi connectivity index (χ2n) is 9.17. The predicted octanol–water partition coefficient (Wildman–Crippen LogP) is 5.37. The van der Waals surface area contributed by atoms with Gasteiger partial charge in [-0.3, -0.25) is 9.59 Å². The average molecular weight is 474 g/mol. The van der Waals surface area contributed by atoms with Gasteiger partial charge in [0.05, 0.1) is 10.7 Å². The minimum absolute atomic E-state index is 0.0153. The zero-order chi connectivity index (χ0) is 23.7. The highest BCUT2D eigenvalue weighted by atomic mass is 32.1.